The number of oxazole rings is 1. The SMILES string of the molecule is COC(=O)CCCN(C)C(=O)c1ccccc1-c1ncc(-c2ccccc2)o1. The normalized spacial score (nSPS) is 10.5. The number of benzene rings is 2. The highest BCUT2D eigenvalue weighted by Crippen LogP contribution is 2.28. The first kappa shape index (κ1) is 19.4. The van der Waals surface area contributed by atoms with E-state index in [1.807, 2.05) is 42.5 Å². The second kappa shape index (κ2) is 8.99. The number of hydrogen-bond acceptors (Lipinski definition) is 5. The summed E-state index contributed by atoms with van der Waals surface area (Å²) in [4.78, 5) is 30.1. The molecule has 28 heavy (non-hydrogen) atoms. The van der Waals surface area contributed by atoms with Crippen LogP contribution in [-0.2, 0) is 9.53 Å². The summed E-state index contributed by atoms with van der Waals surface area (Å²) in [5, 5.41) is 0. The van der Waals surface area contributed by atoms with Crippen molar-refractivity contribution < 1.29 is 18.7 Å². The Morgan fingerprint density at radius 2 is 1.79 bits per heavy atom. The fourth-order valence-corrected chi connectivity index (χ4v) is 2.86. The lowest BCUT2D eigenvalue weighted by molar-refractivity contribution is -0.140. The van der Waals surface area contributed by atoms with Crippen molar-refractivity contribution in [3.63, 3.8) is 0 Å². The Balaban J connectivity index is 1.79. The maximum absolute atomic E-state index is 12.9. The Morgan fingerprint density at radius 3 is 2.54 bits per heavy atom. The summed E-state index contributed by atoms with van der Waals surface area (Å²) < 4.78 is 10.5. The third-order valence-corrected chi connectivity index (χ3v) is 4.40. The average Bonchev–Trinajstić information content (AvgIpc) is 3.23. The molecular weight excluding hydrogens is 356 g/mol. The molecule has 0 bridgehead atoms. The van der Waals surface area contributed by atoms with Gasteiger partial charge < -0.3 is 14.1 Å². The fraction of sp³-hybridized carbons (Fsp3) is 0.227. The van der Waals surface area contributed by atoms with Crippen LogP contribution in [0.5, 0.6) is 0 Å². The van der Waals surface area contributed by atoms with Gasteiger partial charge in [-0.05, 0) is 18.6 Å². The lowest BCUT2D eigenvalue weighted by Crippen LogP contribution is -2.28. The molecule has 0 unspecified atom stereocenters. The largest absolute Gasteiger partial charge is 0.469 e. The summed E-state index contributed by atoms with van der Waals surface area (Å²) in [5.74, 6) is 0.601. The first-order valence-electron chi connectivity index (χ1n) is 9.03. The van der Waals surface area contributed by atoms with E-state index >= 15 is 0 Å². The molecule has 144 valence electrons. The molecule has 3 aromatic rings. The number of hydrogen-bond donors (Lipinski definition) is 0. The second-order valence-corrected chi connectivity index (χ2v) is 6.35. The van der Waals surface area contributed by atoms with Crippen LogP contribution in [0.15, 0.2) is 65.2 Å². The standard InChI is InChI=1S/C22H22N2O4/c1-24(14-8-13-20(25)27-2)22(26)18-12-7-6-11-17(18)21-23-15-19(28-21)16-9-4-3-5-10-16/h3-7,9-12,15H,8,13-14H2,1-2H3. The minimum Gasteiger partial charge on any atom is -0.469 e. The molecule has 0 spiro atoms. The van der Waals surface area contributed by atoms with Crippen LogP contribution in [-0.4, -0.2) is 42.5 Å². The van der Waals surface area contributed by atoms with Crippen LogP contribution < -0.4 is 0 Å². The molecule has 0 fully saturated rings. The van der Waals surface area contributed by atoms with Gasteiger partial charge >= 0.3 is 5.97 Å². The van der Waals surface area contributed by atoms with Gasteiger partial charge in [0.25, 0.3) is 5.91 Å². The molecule has 1 heterocycles. The lowest BCUT2D eigenvalue weighted by Gasteiger charge is -2.18. The predicted molar refractivity (Wildman–Crippen MR) is 106 cm³/mol. The monoisotopic (exact) mass is 378 g/mol. The number of carbonyl (C=O) groups excluding carboxylic acids is 2. The predicted octanol–water partition coefficient (Wildman–Crippen LogP) is 4.03. The van der Waals surface area contributed by atoms with Gasteiger partial charge in [-0.15, -0.1) is 0 Å². The van der Waals surface area contributed by atoms with Crippen molar-refractivity contribution in [2.75, 3.05) is 20.7 Å². The Bertz CT molecular complexity index is 950. The van der Waals surface area contributed by atoms with Gasteiger partial charge in [0.15, 0.2) is 5.76 Å². The maximum atomic E-state index is 12.9. The van der Waals surface area contributed by atoms with Crippen molar-refractivity contribution in [3.05, 3.63) is 66.4 Å². The van der Waals surface area contributed by atoms with Crippen molar-refractivity contribution in [3.8, 4) is 22.8 Å². The van der Waals surface area contributed by atoms with Crippen molar-refractivity contribution >= 4 is 11.9 Å². The van der Waals surface area contributed by atoms with Gasteiger partial charge in [0.2, 0.25) is 5.89 Å². The van der Waals surface area contributed by atoms with Gasteiger partial charge in [-0.25, -0.2) is 4.98 Å². The molecule has 6 nitrogen and oxygen atoms in total. The third kappa shape index (κ3) is 4.46. The number of carbonyl (C=O) groups is 2. The minimum absolute atomic E-state index is 0.153. The number of nitrogens with zero attached hydrogens (tertiary/aromatic N) is 2. The van der Waals surface area contributed by atoms with Crippen LogP contribution in [0.4, 0.5) is 0 Å². The van der Waals surface area contributed by atoms with Gasteiger partial charge in [0, 0.05) is 31.1 Å². The summed E-state index contributed by atoms with van der Waals surface area (Å²) in [7, 11) is 3.06. The number of rotatable bonds is 7. The third-order valence-electron chi connectivity index (χ3n) is 4.40. The van der Waals surface area contributed by atoms with Gasteiger partial charge in [0.05, 0.1) is 18.9 Å². The van der Waals surface area contributed by atoms with E-state index in [0.717, 1.165) is 5.56 Å². The quantitative estimate of drug-likeness (QED) is 0.580. The van der Waals surface area contributed by atoms with Crippen molar-refractivity contribution in [2.45, 2.75) is 12.8 Å². The molecule has 0 atom stereocenters. The van der Waals surface area contributed by atoms with Crippen molar-refractivity contribution in [1.29, 1.82) is 0 Å². The number of amides is 1. The Hall–Kier alpha value is -3.41. The molecule has 0 aliphatic rings. The number of ether oxygens (including phenoxy) is 1. The number of methoxy groups -OCH3 is 1. The van der Waals surface area contributed by atoms with Gasteiger partial charge in [-0.1, -0.05) is 42.5 Å². The molecule has 1 amide bonds. The van der Waals surface area contributed by atoms with Crippen LogP contribution in [0.2, 0.25) is 0 Å². The second-order valence-electron chi connectivity index (χ2n) is 6.35. The topological polar surface area (TPSA) is 72.6 Å². The van der Waals surface area contributed by atoms with Crippen LogP contribution in [0.25, 0.3) is 22.8 Å². The molecule has 0 aliphatic carbocycles. The van der Waals surface area contributed by atoms with E-state index in [0.29, 0.717) is 35.7 Å². The van der Waals surface area contributed by atoms with Crippen molar-refractivity contribution in [1.82, 2.24) is 9.88 Å². The molecule has 6 heteroatoms. The Morgan fingerprint density at radius 1 is 1.07 bits per heavy atom. The van der Waals surface area contributed by atoms with Gasteiger partial charge in [-0.2, -0.15) is 0 Å². The summed E-state index contributed by atoms with van der Waals surface area (Å²) in [6.45, 7) is 0.448. The first-order chi connectivity index (χ1) is 13.6. The number of aromatic nitrogens is 1. The van der Waals surface area contributed by atoms with E-state index in [-0.39, 0.29) is 18.3 Å². The summed E-state index contributed by atoms with van der Waals surface area (Å²) in [6.07, 6.45) is 2.47. The molecule has 1 aromatic heterocycles. The van der Waals surface area contributed by atoms with E-state index in [1.165, 1.54) is 7.11 Å². The zero-order valence-electron chi connectivity index (χ0n) is 15.9. The average molecular weight is 378 g/mol. The smallest absolute Gasteiger partial charge is 0.305 e. The molecule has 3 rings (SSSR count). The first-order valence-corrected chi connectivity index (χ1v) is 9.03. The molecule has 0 aliphatic heterocycles. The van der Waals surface area contributed by atoms with Crippen LogP contribution >= 0.6 is 0 Å². The van der Waals surface area contributed by atoms with E-state index in [1.54, 1.807) is 30.3 Å². The highest BCUT2D eigenvalue weighted by atomic mass is 16.5. The van der Waals surface area contributed by atoms with Crippen LogP contribution in [0, 0.1) is 0 Å². The van der Waals surface area contributed by atoms with E-state index in [9.17, 15) is 9.59 Å². The molecule has 0 radical (unpaired) electrons. The number of esters is 1. The minimum atomic E-state index is -0.283. The molecular formula is C22H22N2O4. The maximum Gasteiger partial charge on any atom is 0.305 e. The van der Waals surface area contributed by atoms with Gasteiger partial charge in [0.1, 0.15) is 0 Å². The fourth-order valence-electron chi connectivity index (χ4n) is 2.86. The van der Waals surface area contributed by atoms with Crippen molar-refractivity contribution in [2.24, 2.45) is 0 Å². The zero-order chi connectivity index (χ0) is 19.9. The van der Waals surface area contributed by atoms with Crippen LogP contribution in [0.3, 0.4) is 0 Å². The Kier molecular flexibility index (Phi) is 6.22. The highest BCUT2D eigenvalue weighted by molar-refractivity contribution is 5.99. The molecule has 0 saturated heterocycles. The summed E-state index contributed by atoms with van der Waals surface area (Å²) in [5.41, 5.74) is 2.06. The summed E-state index contributed by atoms with van der Waals surface area (Å²) >= 11 is 0. The lowest BCUT2D eigenvalue weighted by atomic mass is 10.1. The highest BCUT2D eigenvalue weighted by Gasteiger charge is 2.19. The molecule has 0 N–H and O–H groups in total. The van der Waals surface area contributed by atoms with E-state index in [4.69, 9.17) is 4.42 Å². The molecule has 0 saturated carbocycles. The summed E-state index contributed by atoms with van der Waals surface area (Å²) in [6, 6.07) is 16.9. The zero-order valence-corrected chi connectivity index (χ0v) is 15.9. The van der Waals surface area contributed by atoms with Crippen LogP contribution in [0.1, 0.15) is 23.2 Å². The van der Waals surface area contributed by atoms with E-state index in [2.05, 4.69) is 9.72 Å². The molecule has 2 aromatic carbocycles. The van der Waals surface area contributed by atoms with E-state index < -0.39 is 0 Å². The van der Waals surface area contributed by atoms with Gasteiger partial charge in [-0.3, -0.25) is 9.59 Å². The Labute approximate surface area is 163 Å².